The second-order valence-electron chi connectivity index (χ2n) is 6.09. The van der Waals surface area contributed by atoms with Crippen LogP contribution in [0.3, 0.4) is 0 Å². The Balaban J connectivity index is 1.67. The molecule has 0 saturated carbocycles. The first kappa shape index (κ1) is 19.6. The molecule has 3 aromatic rings. The van der Waals surface area contributed by atoms with Crippen molar-refractivity contribution in [3.05, 3.63) is 76.4 Å². The second kappa shape index (κ2) is 8.26. The van der Waals surface area contributed by atoms with Crippen LogP contribution >= 0.6 is 11.3 Å². The number of thiophene rings is 1. The highest BCUT2D eigenvalue weighted by atomic mass is 32.2. The number of nitrogens with one attached hydrogen (secondary N) is 1. The summed E-state index contributed by atoms with van der Waals surface area (Å²) < 4.78 is 37.8. The van der Waals surface area contributed by atoms with Crippen LogP contribution < -0.4 is 9.46 Å². The number of hydrogen-bond donors (Lipinski definition) is 2. The van der Waals surface area contributed by atoms with Gasteiger partial charge in [-0.3, -0.25) is 0 Å². The lowest BCUT2D eigenvalue weighted by molar-refractivity contribution is 0.0623. The van der Waals surface area contributed by atoms with Gasteiger partial charge in [0.2, 0.25) is 10.0 Å². The van der Waals surface area contributed by atoms with E-state index in [9.17, 15) is 13.5 Å². The van der Waals surface area contributed by atoms with Crippen molar-refractivity contribution in [2.45, 2.75) is 12.0 Å². The SMILES string of the molecule is COc1ccc(CCS(=O)(=O)NC[C@](O)(c2ccsc2)c2ccco2)cc1. The van der Waals surface area contributed by atoms with Gasteiger partial charge in [0.05, 0.1) is 25.7 Å². The molecule has 6 nitrogen and oxygen atoms in total. The number of aliphatic hydroxyl groups is 1. The molecule has 1 aromatic carbocycles. The van der Waals surface area contributed by atoms with Crippen LogP contribution in [0.5, 0.6) is 5.75 Å². The molecule has 0 amide bonds. The molecule has 1 atom stereocenters. The lowest BCUT2D eigenvalue weighted by Gasteiger charge is -2.25. The zero-order valence-corrected chi connectivity index (χ0v) is 16.4. The van der Waals surface area contributed by atoms with E-state index in [1.807, 2.05) is 17.5 Å². The van der Waals surface area contributed by atoms with Crippen molar-refractivity contribution in [3.8, 4) is 5.75 Å². The highest BCUT2D eigenvalue weighted by molar-refractivity contribution is 7.89. The molecular weight excluding hydrogens is 386 g/mol. The van der Waals surface area contributed by atoms with Gasteiger partial charge in [0, 0.05) is 5.56 Å². The quantitative estimate of drug-likeness (QED) is 0.569. The van der Waals surface area contributed by atoms with Crippen LogP contribution in [0.25, 0.3) is 0 Å². The normalized spacial score (nSPS) is 14.0. The predicted molar refractivity (Wildman–Crippen MR) is 105 cm³/mol. The standard InChI is InChI=1S/C19H21NO5S2/c1-24-17-6-4-15(5-7-17)9-12-27(22,23)20-14-19(21,16-8-11-26-13-16)18-3-2-10-25-18/h2-8,10-11,13,20-21H,9,12,14H2,1H3/t19-/m0/s1. The maximum Gasteiger partial charge on any atom is 0.212 e. The molecule has 2 N–H and O–H groups in total. The first-order chi connectivity index (χ1) is 12.9. The van der Waals surface area contributed by atoms with Gasteiger partial charge in [0.1, 0.15) is 11.5 Å². The zero-order chi connectivity index (χ0) is 19.3. The number of aryl methyl sites for hydroxylation is 1. The number of sulfonamides is 1. The van der Waals surface area contributed by atoms with Gasteiger partial charge >= 0.3 is 0 Å². The fourth-order valence-electron chi connectivity index (χ4n) is 2.68. The molecule has 8 heteroatoms. The topological polar surface area (TPSA) is 88.8 Å². The third-order valence-electron chi connectivity index (χ3n) is 4.29. The molecule has 2 heterocycles. The summed E-state index contributed by atoms with van der Waals surface area (Å²) in [5, 5.41) is 14.7. The van der Waals surface area contributed by atoms with Crippen molar-refractivity contribution in [1.82, 2.24) is 4.72 Å². The van der Waals surface area contributed by atoms with Gasteiger partial charge in [0.15, 0.2) is 5.60 Å². The summed E-state index contributed by atoms with van der Waals surface area (Å²) in [6.45, 7) is -0.206. The van der Waals surface area contributed by atoms with Crippen LogP contribution in [0.1, 0.15) is 16.9 Å². The molecular formula is C19H21NO5S2. The van der Waals surface area contributed by atoms with Crippen LogP contribution in [0.2, 0.25) is 0 Å². The minimum atomic E-state index is -3.59. The van der Waals surface area contributed by atoms with E-state index in [1.54, 1.807) is 42.8 Å². The van der Waals surface area contributed by atoms with Gasteiger partial charge in [-0.1, -0.05) is 12.1 Å². The van der Waals surface area contributed by atoms with E-state index in [-0.39, 0.29) is 12.3 Å². The number of ether oxygens (including phenoxy) is 1. The fraction of sp³-hybridized carbons (Fsp3) is 0.263. The van der Waals surface area contributed by atoms with E-state index in [2.05, 4.69) is 4.72 Å². The average molecular weight is 408 g/mol. The second-order valence-corrected chi connectivity index (χ2v) is 8.79. The van der Waals surface area contributed by atoms with Crippen molar-refractivity contribution >= 4 is 21.4 Å². The van der Waals surface area contributed by atoms with Crippen LogP contribution in [-0.4, -0.2) is 32.9 Å². The number of methoxy groups -OCH3 is 1. The third-order valence-corrected chi connectivity index (χ3v) is 6.30. The molecule has 3 rings (SSSR count). The van der Waals surface area contributed by atoms with Gasteiger partial charge in [-0.15, -0.1) is 0 Å². The van der Waals surface area contributed by atoms with E-state index < -0.39 is 15.6 Å². The summed E-state index contributed by atoms with van der Waals surface area (Å²) in [4.78, 5) is 0. The van der Waals surface area contributed by atoms with Crippen LogP contribution in [-0.2, 0) is 22.0 Å². The van der Waals surface area contributed by atoms with Crippen LogP contribution in [0.4, 0.5) is 0 Å². The number of benzene rings is 1. The van der Waals surface area contributed by atoms with E-state index in [1.165, 1.54) is 17.6 Å². The van der Waals surface area contributed by atoms with E-state index in [0.29, 0.717) is 17.7 Å². The monoisotopic (exact) mass is 407 g/mol. The van der Waals surface area contributed by atoms with Crippen molar-refractivity contribution in [2.75, 3.05) is 19.4 Å². The Hall–Kier alpha value is -2.13. The van der Waals surface area contributed by atoms with E-state index >= 15 is 0 Å². The number of hydrogen-bond acceptors (Lipinski definition) is 6. The highest BCUT2D eigenvalue weighted by Crippen LogP contribution is 2.31. The predicted octanol–water partition coefficient (Wildman–Crippen LogP) is 2.75. The van der Waals surface area contributed by atoms with Gasteiger partial charge in [0.25, 0.3) is 0 Å². The minimum absolute atomic E-state index is 0.0861. The summed E-state index contributed by atoms with van der Waals surface area (Å²) in [6, 6.07) is 12.3. The molecule has 2 aromatic heterocycles. The minimum Gasteiger partial charge on any atom is -0.497 e. The van der Waals surface area contributed by atoms with E-state index in [4.69, 9.17) is 9.15 Å². The molecule has 27 heavy (non-hydrogen) atoms. The fourth-order valence-corrected chi connectivity index (χ4v) is 4.48. The Kier molecular flexibility index (Phi) is 6.01. The lowest BCUT2D eigenvalue weighted by atomic mass is 9.94. The van der Waals surface area contributed by atoms with Gasteiger partial charge in [-0.2, -0.15) is 11.3 Å². The first-order valence-electron chi connectivity index (χ1n) is 8.32. The van der Waals surface area contributed by atoms with Gasteiger partial charge in [-0.05, 0) is 53.1 Å². The molecule has 0 spiro atoms. The molecule has 0 radical (unpaired) electrons. The lowest BCUT2D eigenvalue weighted by Crippen LogP contribution is -2.42. The molecule has 0 saturated heterocycles. The first-order valence-corrected chi connectivity index (χ1v) is 10.9. The van der Waals surface area contributed by atoms with Crippen molar-refractivity contribution < 1.29 is 22.7 Å². The summed E-state index contributed by atoms with van der Waals surface area (Å²) in [5.74, 6) is 0.926. The average Bonchev–Trinajstić information content (AvgIpc) is 3.39. The van der Waals surface area contributed by atoms with Crippen molar-refractivity contribution in [1.29, 1.82) is 0 Å². The van der Waals surface area contributed by atoms with Crippen LogP contribution in [0, 0.1) is 0 Å². The Bertz CT molecular complexity index is 898. The highest BCUT2D eigenvalue weighted by Gasteiger charge is 2.36. The maximum absolute atomic E-state index is 12.4. The van der Waals surface area contributed by atoms with Crippen molar-refractivity contribution in [2.24, 2.45) is 0 Å². The molecule has 144 valence electrons. The summed E-state index contributed by atoms with van der Waals surface area (Å²) >= 11 is 1.42. The molecule has 0 aliphatic rings. The van der Waals surface area contributed by atoms with E-state index in [0.717, 1.165) is 11.3 Å². The third kappa shape index (κ3) is 4.78. The Morgan fingerprint density at radius 2 is 2.00 bits per heavy atom. The molecule has 0 bridgehead atoms. The number of furan rings is 1. The van der Waals surface area contributed by atoms with Gasteiger partial charge < -0.3 is 14.3 Å². The maximum atomic E-state index is 12.4. The summed E-state index contributed by atoms with van der Waals surface area (Å²) in [5.41, 5.74) is -0.0861. The molecule has 0 fully saturated rings. The van der Waals surface area contributed by atoms with Gasteiger partial charge in [-0.25, -0.2) is 13.1 Å². The Morgan fingerprint density at radius 1 is 1.22 bits per heavy atom. The molecule has 0 aliphatic heterocycles. The van der Waals surface area contributed by atoms with Crippen LogP contribution in [0.15, 0.2) is 63.9 Å². The zero-order valence-electron chi connectivity index (χ0n) is 14.8. The Labute approximate surface area is 162 Å². The van der Waals surface area contributed by atoms with Crippen molar-refractivity contribution in [3.63, 3.8) is 0 Å². The Morgan fingerprint density at radius 3 is 2.59 bits per heavy atom. The largest absolute Gasteiger partial charge is 0.497 e. The number of rotatable bonds is 9. The smallest absolute Gasteiger partial charge is 0.212 e. The molecule has 0 unspecified atom stereocenters. The summed E-state index contributed by atoms with van der Waals surface area (Å²) in [7, 11) is -2.01. The molecule has 0 aliphatic carbocycles. The summed E-state index contributed by atoms with van der Waals surface area (Å²) in [6.07, 6.45) is 1.81.